The van der Waals surface area contributed by atoms with E-state index in [1.165, 1.54) is 0 Å². The van der Waals surface area contributed by atoms with Crippen LogP contribution in [0, 0.1) is 0 Å². The highest BCUT2D eigenvalue weighted by Gasteiger charge is 2.43. The van der Waals surface area contributed by atoms with Crippen LogP contribution >= 0.6 is 11.6 Å². The van der Waals surface area contributed by atoms with Crippen molar-refractivity contribution in [2.75, 3.05) is 13.1 Å². The lowest BCUT2D eigenvalue weighted by atomic mass is 9.77. The first-order chi connectivity index (χ1) is 10.2. The molecule has 1 saturated heterocycles. The fourth-order valence-electron chi connectivity index (χ4n) is 3.69. The number of amides is 1. The SMILES string of the molecule is O=C(N[C@H]1CCCNC1)C1(c2ccc(Cl)cc2)CCCC1. The molecular weight excluding hydrogens is 284 g/mol. The van der Waals surface area contributed by atoms with E-state index in [1.807, 2.05) is 24.3 Å². The van der Waals surface area contributed by atoms with Crippen LogP contribution in [-0.4, -0.2) is 25.0 Å². The van der Waals surface area contributed by atoms with Crippen molar-refractivity contribution in [3.8, 4) is 0 Å². The number of halogens is 1. The lowest BCUT2D eigenvalue weighted by molar-refractivity contribution is -0.127. The van der Waals surface area contributed by atoms with Gasteiger partial charge < -0.3 is 10.6 Å². The fourth-order valence-corrected chi connectivity index (χ4v) is 3.82. The Kier molecular flexibility index (Phi) is 4.51. The first-order valence-electron chi connectivity index (χ1n) is 7.98. The molecule has 0 radical (unpaired) electrons. The molecule has 2 fully saturated rings. The van der Waals surface area contributed by atoms with Crippen molar-refractivity contribution < 1.29 is 4.79 Å². The minimum absolute atomic E-state index is 0.205. The monoisotopic (exact) mass is 306 g/mol. The van der Waals surface area contributed by atoms with Gasteiger partial charge in [0.05, 0.1) is 5.41 Å². The summed E-state index contributed by atoms with van der Waals surface area (Å²) >= 11 is 5.99. The number of hydrogen-bond acceptors (Lipinski definition) is 2. The molecule has 0 bridgehead atoms. The highest BCUT2D eigenvalue weighted by Crippen LogP contribution is 2.41. The van der Waals surface area contributed by atoms with Crippen LogP contribution < -0.4 is 10.6 Å². The molecule has 1 aromatic carbocycles. The number of piperidine rings is 1. The number of carbonyl (C=O) groups is 1. The van der Waals surface area contributed by atoms with E-state index in [4.69, 9.17) is 11.6 Å². The quantitative estimate of drug-likeness (QED) is 0.901. The molecule has 21 heavy (non-hydrogen) atoms. The van der Waals surface area contributed by atoms with Gasteiger partial charge in [-0.2, -0.15) is 0 Å². The number of hydrogen-bond donors (Lipinski definition) is 2. The molecule has 3 rings (SSSR count). The van der Waals surface area contributed by atoms with Crippen molar-refractivity contribution >= 4 is 17.5 Å². The zero-order chi connectivity index (χ0) is 14.7. The molecule has 4 heteroatoms. The van der Waals surface area contributed by atoms with Crippen molar-refractivity contribution in [2.45, 2.75) is 50.0 Å². The molecule has 2 N–H and O–H groups in total. The number of rotatable bonds is 3. The van der Waals surface area contributed by atoms with Gasteiger partial charge in [0, 0.05) is 17.6 Å². The number of benzene rings is 1. The van der Waals surface area contributed by atoms with E-state index in [2.05, 4.69) is 10.6 Å². The maximum Gasteiger partial charge on any atom is 0.230 e. The third-order valence-corrected chi connectivity index (χ3v) is 5.17. The Morgan fingerprint density at radius 2 is 1.90 bits per heavy atom. The van der Waals surface area contributed by atoms with E-state index in [1.54, 1.807) is 0 Å². The highest BCUT2D eigenvalue weighted by molar-refractivity contribution is 6.30. The maximum absolute atomic E-state index is 12.9. The topological polar surface area (TPSA) is 41.1 Å². The molecule has 0 unspecified atom stereocenters. The van der Waals surface area contributed by atoms with E-state index >= 15 is 0 Å². The van der Waals surface area contributed by atoms with E-state index in [9.17, 15) is 4.79 Å². The van der Waals surface area contributed by atoms with Crippen LogP contribution in [0.3, 0.4) is 0 Å². The van der Waals surface area contributed by atoms with Crippen molar-refractivity contribution in [1.82, 2.24) is 10.6 Å². The molecule has 1 atom stereocenters. The molecular formula is C17H23ClN2O. The van der Waals surface area contributed by atoms with E-state index in [-0.39, 0.29) is 17.4 Å². The zero-order valence-corrected chi connectivity index (χ0v) is 13.1. The van der Waals surface area contributed by atoms with Gasteiger partial charge >= 0.3 is 0 Å². The zero-order valence-electron chi connectivity index (χ0n) is 12.3. The van der Waals surface area contributed by atoms with Crippen molar-refractivity contribution in [2.24, 2.45) is 0 Å². The van der Waals surface area contributed by atoms with E-state index in [0.717, 1.165) is 62.2 Å². The van der Waals surface area contributed by atoms with Gasteiger partial charge in [0.15, 0.2) is 0 Å². The van der Waals surface area contributed by atoms with Crippen LogP contribution in [0.5, 0.6) is 0 Å². The molecule has 1 heterocycles. The Hall–Kier alpha value is -1.06. The van der Waals surface area contributed by atoms with E-state index < -0.39 is 0 Å². The molecule has 0 aromatic heterocycles. The average molecular weight is 307 g/mol. The van der Waals surface area contributed by atoms with Crippen LogP contribution in [-0.2, 0) is 10.2 Å². The van der Waals surface area contributed by atoms with Gasteiger partial charge in [-0.15, -0.1) is 0 Å². The van der Waals surface area contributed by atoms with Gasteiger partial charge in [-0.25, -0.2) is 0 Å². The van der Waals surface area contributed by atoms with Crippen molar-refractivity contribution in [3.05, 3.63) is 34.9 Å². The summed E-state index contributed by atoms with van der Waals surface area (Å²) in [6, 6.07) is 8.10. The molecule has 114 valence electrons. The first-order valence-corrected chi connectivity index (χ1v) is 8.36. The molecule has 0 spiro atoms. The predicted octanol–water partition coefficient (Wildman–Crippen LogP) is 3.02. The summed E-state index contributed by atoms with van der Waals surface area (Å²) < 4.78 is 0. The summed E-state index contributed by atoms with van der Waals surface area (Å²) in [5, 5.41) is 7.36. The Balaban J connectivity index is 1.79. The smallest absolute Gasteiger partial charge is 0.230 e. The summed E-state index contributed by atoms with van der Waals surface area (Å²) in [6.45, 7) is 1.96. The summed E-state index contributed by atoms with van der Waals surface area (Å²) in [5.74, 6) is 0.205. The normalized spacial score (nSPS) is 24.7. The fraction of sp³-hybridized carbons (Fsp3) is 0.588. The van der Waals surface area contributed by atoms with Gasteiger partial charge in [0.1, 0.15) is 0 Å². The lowest BCUT2D eigenvalue weighted by Gasteiger charge is -2.32. The van der Waals surface area contributed by atoms with Gasteiger partial charge in [-0.3, -0.25) is 4.79 Å². The molecule has 1 amide bonds. The minimum Gasteiger partial charge on any atom is -0.351 e. The second-order valence-electron chi connectivity index (χ2n) is 6.31. The van der Waals surface area contributed by atoms with Crippen molar-refractivity contribution in [3.63, 3.8) is 0 Å². The highest BCUT2D eigenvalue weighted by atomic mass is 35.5. The number of carbonyl (C=O) groups excluding carboxylic acids is 1. The van der Waals surface area contributed by atoms with Gasteiger partial charge in [0.25, 0.3) is 0 Å². The standard InChI is InChI=1S/C17H23ClN2O/c18-14-7-5-13(6-8-14)17(9-1-2-10-17)16(21)20-15-4-3-11-19-12-15/h5-8,15,19H,1-4,9-12H2,(H,20,21)/t15-/m0/s1. The maximum atomic E-state index is 12.9. The van der Waals surface area contributed by atoms with Gasteiger partial charge in [0.2, 0.25) is 5.91 Å². The summed E-state index contributed by atoms with van der Waals surface area (Å²) in [6.07, 6.45) is 6.35. The lowest BCUT2D eigenvalue weighted by Crippen LogP contribution is -2.51. The minimum atomic E-state index is -0.345. The summed E-state index contributed by atoms with van der Waals surface area (Å²) in [4.78, 5) is 12.9. The molecule has 3 nitrogen and oxygen atoms in total. The molecule has 1 aliphatic heterocycles. The summed E-state index contributed by atoms with van der Waals surface area (Å²) in [7, 11) is 0. The second kappa shape index (κ2) is 6.37. The van der Waals surface area contributed by atoms with Crippen LogP contribution in [0.2, 0.25) is 5.02 Å². The predicted molar refractivity (Wildman–Crippen MR) is 85.6 cm³/mol. The Bertz CT molecular complexity index is 488. The molecule has 1 aromatic rings. The van der Waals surface area contributed by atoms with E-state index in [0.29, 0.717) is 0 Å². The Labute approximate surface area is 131 Å². The van der Waals surface area contributed by atoms with Gasteiger partial charge in [-0.05, 0) is 49.9 Å². The van der Waals surface area contributed by atoms with Crippen LogP contribution in [0.25, 0.3) is 0 Å². The van der Waals surface area contributed by atoms with Crippen molar-refractivity contribution in [1.29, 1.82) is 0 Å². The second-order valence-corrected chi connectivity index (χ2v) is 6.75. The molecule has 2 aliphatic rings. The average Bonchev–Trinajstić information content (AvgIpc) is 3.00. The molecule has 1 aliphatic carbocycles. The van der Waals surface area contributed by atoms with Crippen LogP contribution in [0.1, 0.15) is 44.1 Å². The largest absolute Gasteiger partial charge is 0.351 e. The van der Waals surface area contributed by atoms with Gasteiger partial charge in [-0.1, -0.05) is 36.6 Å². The first kappa shape index (κ1) is 14.9. The third-order valence-electron chi connectivity index (χ3n) is 4.92. The summed E-state index contributed by atoms with van der Waals surface area (Å²) in [5.41, 5.74) is 0.771. The third kappa shape index (κ3) is 3.09. The van der Waals surface area contributed by atoms with Crippen LogP contribution in [0.4, 0.5) is 0 Å². The Morgan fingerprint density at radius 3 is 2.52 bits per heavy atom. The number of nitrogens with one attached hydrogen (secondary N) is 2. The Morgan fingerprint density at radius 1 is 1.19 bits per heavy atom. The molecule has 1 saturated carbocycles. The van der Waals surface area contributed by atoms with Crippen LogP contribution in [0.15, 0.2) is 24.3 Å².